The molecule has 0 unspecified atom stereocenters. The summed E-state index contributed by atoms with van der Waals surface area (Å²) in [6.45, 7) is 0.587. The van der Waals surface area contributed by atoms with Crippen LogP contribution in [0.25, 0.3) is 16.8 Å². The normalized spacial score (nSPS) is 12.8. The van der Waals surface area contributed by atoms with Crippen molar-refractivity contribution in [2.24, 2.45) is 0 Å². The van der Waals surface area contributed by atoms with E-state index < -0.39 is 0 Å². The second-order valence-electron chi connectivity index (χ2n) is 6.77. The molecule has 2 N–H and O–H groups in total. The van der Waals surface area contributed by atoms with Gasteiger partial charge in [-0.05, 0) is 64.1 Å². The highest BCUT2D eigenvalue weighted by atomic mass is 16.2. The Bertz CT molecular complexity index is 996. The van der Waals surface area contributed by atoms with Crippen LogP contribution in [0.5, 0.6) is 0 Å². The molecule has 0 aliphatic heterocycles. The quantitative estimate of drug-likeness (QED) is 0.737. The van der Waals surface area contributed by atoms with E-state index in [0.717, 1.165) is 18.4 Å². The molecule has 1 amide bonds. The maximum absolute atomic E-state index is 12.5. The van der Waals surface area contributed by atoms with Crippen molar-refractivity contribution in [3.63, 3.8) is 0 Å². The summed E-state index contributed by atoms with van der Waals surface area (Å²) in [6.07, 6.45) is 7.22. The molecule has 4 nitrogen and oxygen atoms in total. The van der Waals surface area contributed by atoms with Crippen LogP contribution in [0, 0.1) is 0 Å². The van der Waals surface area contributed by atoms with Crippen molar-refractivity contribution >= 4 is 28.6 Å². The van der Waals surface area contributed by atoms with Crippen LogP contribution in [0.3, 0.4) is 0 Å². The molecule has 1 heterocycles. The maximum atomic E-state index is 12.5. The zero-order chi connectivity index (χ0) is 18.1. The minimum Gasteiger partial charge on any atom is -0.384 e. The van der Waals surface area contributed by atoms with Gasteiger partial charge in [0.1, 0.15) is 5.82 Å². The number of aryl methyl sites for hydroxylation is 2. The lowest BCUT2D eigenvalue weighted by Gasteiger charge is -2.17. The second kappa shape index (κ2) is 6.64. The smallest absolute Gasteiger partial charge is 0.246 e. The van der Waals surface area contributed by atoms with Gasteiger partial charge in [0.15, 0.2) is 0 Å². The molecule has 26 heavy (non-hydrogen) atoms. The van der Waals surface area contributed by atoms with Crippen molar-refractivity contribution in [1.82, 2.24) is 9.88 Å². The Morgan fingerprint density at radius 1 is 1.15 bits per heavy atom. The molecule has 130 valence electrons. The Balaban J connectivity index is 1.53. The van der Waals surface area contributed by atoms with Gasteiger partial charge < -0.3 is 10.6 Å². The van der Waals surface area contributed by atoms with Gasteiger partial charge >= 0.3 is 0 Å². The second-order valence-corrected chi connectivity index (χ2v) is 6.77. The fraction of sp³-hybridized carbons (Fsp3) is 0.182. The lowest BCUT2D eigenvalue weighted by molar-refractivity contribution is -0.125. The molecule has 2 aromatic carbocycles. The van der Waals surface area contributed by atoms with E-state index in [-0.39, 0.29) is 5.91 Å². The molecular weight excluding hydrogens is 322 g/mol. The molecule has 0 saturated carbocycles. The minimum atomic E-state index is -0.0370. The number of aromatic nitrogens is 1. The van der Waals surface area contributed by atoms with Crippen molar-refractivity contribution in [3.05, 3.63) is 77.0 Å². The van der Waals surface area contributed by atoms with Gasteiger partial charge in [-0.3, -0.25) is 4.79 Å². The van der Waals surface area contributed by atoms with Gasteiger partial charge in [-0.25, -0.2) is 4.98 Å². The standard InChI is InChI=1S/C22H21N3O/c1-25(21(26)12-6-15-5-11-20(23)24-13-15)14-18-10-9-17-8-7-16-3-2-4-19(18)22(16)17/h2-6,9-13H,7-8,14H2,1H3,(H2,23,24). The van der Waals surface area contributed by atoms with Crippen molar-refractivity contribution < 1.29 is 4.79 Å². The third-order valence-corrected chi connectivity index (χ3v) is 4.98. The Morgan fingerprint density at radius 2 is 1.96 bits per heavy atom. The highest BCUT2D eigenvalue weighted by Gasteiger charge is 2.16. The van der Waals surface area contributed by atoms with Crippen molar-refractivity contribution in [1.29, 1.82) is 0 Å². The van der Waals surface area contributed by atoms with Gasteiger partial charge in [0.05, 0.1) is 0 Å². The van der Waals surface area contributed by atoms with Crippen LogP contribution in [0.2, 0.25) is 0 Å². The summed E-state index contributed by atoms with van der Waals surface area (Å²) in [4.78, 5) is 18.2. The number of nitrogen functional groups attached to an aromatic ring is 1. The van der Waals surface area contributed by atoms with Crippen LogP contribution in [-0.4, -0.2) is 22.8 Å². The number of pyridine rings is 1. The van der Waals surface area contributed by atoms with E-state index >= 15 is 0 Å². The van der Waals surface area contributed by atoms with Gasteiger partial charge in [0, 0.05) is 25.9 Å². The van der Waals surface area contributed by atoms with Crippen LogP contribution in [0.1, 0.15) is 22.3 Å². The third-order valence-electron chi connectivity index (χ3n) is 4.98. The Hall–Kier alpha value is -3.14. The topological polar surface area (TPSA) is 59.2 Å². The first kappa shape index (κ1) is 16.3. The Kier molecular flexibility index (Phi) is 4.17. The Morgan fingerprint density at radius 3 is 2.73 bits per heavy atom. The highest BCUT2D eigenvalue weighted by molar-refractivity contribution is 5.94. The van der Waals surface area contributed by atoms with Crippen LogP contribution in [0.4, 0.5) is 5.82 Å². The van der Waals surface area contributed by atoms with Gasteiger partial charge in [-0.1, -0.05) is 30.3 Å². The number of benzene rings is 2. The number of nitrogens with zero attached hydrogens (tertiary/aromatic N) is 2. The van der Waals surface area contributed by atoms with Crippen LogP contribution in [0.15, 0.2) is 54.7 Å². The van der Waals surface area contributed by atoms with E-state index in [1.54, 1.807) is 29.3 Å². The number of amides is 1. The predicted octanol–water partition coefficient (Wildman–Crippen LogP) is 3.59. The molecule has 0 radical (unpaired) electrons. The molecule has 0 bridgehead atoms. The molecule has 1 aliphatic carbocycles. The summed E-state index contributed by atoms with van der Waals surface area (Å²) in [5.74, 6) is 0.433. The number of hydrogen-bond donors (Lipinski definition) is 1. The van der Waals surface area contributed by atoms with E-state index in [2.05, 4.69) is 35.3 Å². The SMILES string of the molecule is CN(Cc1ccc2c3c(cccc13)CC2)C(=O)C=Cc1ccc(N)nc1. The average Bonchev–Trinajstić information content (AvgIpc) is 3.08. The van der Waals surface area contributed by atoms with E-state index in [9.17, 15) is 4.79 Å². The fourth-order valence-electron chi connectivity index (χ4n) is 3.59. The molecule has 4 heteroatoms. The molecule has 0 spiro atoms. The van der Waals surface area contributed by atoms with Crippen LogP contribution in [-0.2, 0) is 24.2 Å². The largest absolute Gasteiger partial charge is 0.384 e. The molecule has 0 atom stereocenters. The lowest BCUT2D eigenvalue weighted by Crippen LogP contribution is -2.24. The molecular formula is C22H21N3O. The van der Waals surface area contributed by atoms with Gasteiger partial charge in [0.2, 0.25) is 5.91 Å². The minimum absolute atomic E-state index is 0.0370. The van der Waals surface area contributed by atoms with E-state index in [1.807, 2.05) is 13.1 Å². The summed E-state index contributed by atoms with van der Waals surface area (Å²) in [6, 6.07) is 14.4. The van der Waals surface area contributed by atoms with Gasteiger partial charge in [0.25, 0.3) is 0 Å². The summed E-state index contributed by atoms with van der Waals surface area (Å²) < 4.78 is 0. The Labute approximate surface area is 153 Å². The summed E-state index contributed by atoms with van der Waals surface area (Å²) >= 11 is 0. The number of carbonyl (C=O) groups is 1. The number of likely N-dealkylation sites (N-methyl/N-ethyl adjacent to an activating group) is 1. The van der Waals surface area contributed by atoms with Crippen molar-refractivity contribution in [3.8, 4) is 0 Å². The highest BCUT2D eigenvalue weighted by Crippen LogP contribution is 2.33. The van der Waals surface area contributed by atoms with Crippen molar-refractivity contribution in [2.75, 3.05) is 12.8 Å². The number of carbonyl (C=O) groups excluding carboxylic acids is 1. The number of anilines is 1. The van der Waals surface area contributed by atoms with Crippen LogP contribution >= 0.6 is 0 Å². The van der Waals surface area contributed by atoms with E-state index in [1.165, 1.54) is 27.5 Å². The number of rotatable bonds is 4. The number of hydrogen-bond acceptors (Lipinski definition) is 3. The lowest BCUT2D eigenvalue weighted by atomic mass is 9.99. The first-order valence-corrected chi connectivity index (χ1v) is 8.79. The monoisotopic (exact) mass is 343 g/mol. The maximum Gasteiger partial charge on any atom is 0.246 e. The predicted molar refractivity (Wildman–Crippen MR) is 106 cm³/mol. The molecule has 1 aromatic heterocycles. The van der Waals surface area contributed by atoms with Gasteiger partial charge in [-0.15, -0.1) is 0 Å². The summed E-state index contributed by atoms with van der Waals surface area (Å²) in [5.41, 5.74) is 10.5. The van der Waals surface area contributed by atoms with Crippen molar-refractivity contribution in [2.45, 2.75) is 19.4 Å². The molecule has 3 aromatic rings. The zero-order valence-electron chi connectivity index (χ0n) is 14.8. The average molecular weight is 343 g/mol. The first-order chi connectivity index (χ1) is 12.6. The summed E-state index contributed by atoms with van der Waals surface area (Å²) in [7, 11) is 1.83. The summed E-state index contributed by atoms with van der Waals surface area (Å²) in [5, 5.41) is 2.65. The van der Waals surface area contributed by atoms with E-state index in [4.69, 9.17) is 5.73 Å². The zero-order valence-corrected chi connectivity index (χ0v) is 14.8. The molecule has 0 saturated heterocycles. The molecule has 4 rings (SSSR count). The third kappa shape index (κ3) is 3.06. The molecule has 1 aliphatic rings. The first-order valence-electron chi connectivity index (χ1n) is 8.79. The number of nitrogens with two attached hydrogens (primary N) is 1. The van der Waals surface area contributed by atoms with E-state index in [0.29, 0.717) is 12.4 Å². The van der Waals surface area contributed by atoms with Crippen LogP contribution < -0.4 is 5.73 Å². The molecule has 0 fully saturated rings. The fourth-order valence-corrected chi connectivity index (χ4v) is 3.59. The van der Waals surface area contributed by atoms with Gasteiger partial charge in [-0.2, -0.15) is 0 Å².